The molecule has 1 heterocycles. The maximum atomic E-state index is 6.02. The number of nitrogens with two attached hydrogens (primary N) is 1. The minimum absolute atomic E-state index is 0.00236. The van der Waals surface area contributed by atoms with E-state index in [2.05, 4.69) is 58.7 Å². The van der Waals surface area contributed by atoms with Crippen LogP contribution in [0.25, 0.3) is 0 Å². The number of aliphatic imine (C=N–C) groups is 1. The molecule has 16 heavy (non-hydrogen) atoms. The van der Waals surface area contributed by atoms with E-state index in [-0.39, 0.29) is 10.8 Å². The van der Waals surface area contributed by atoms with Gasteiger partial charge >= 0.3 is 0 Å². The third-order valence-corrected chi connectivity index (χ3v) is 3.42. The molecule has 0 aromatic carbocycles. The summed E-state index contributed by atoms with van der Waals surface area (Å²) in [6, 6.07) is 0. The van der Waals surface area contributed by atoms with Gasteiger partial charge in [0.05, 0.1) is 0 Å². The van der Waals surface area contributed by atoms with Gasteiger partial charge in [0.25, 0.3) is 0 Å². The van der Waals surface area contributed by atoms with Gasteiger partial charge in [-0.3, -0.25) is 0 Å². The van der Waals surface area contributed by atoms with Gasteiger partial charge in [0.15, 0.2) is 0 Å². The second kappa shape index (κ2) is 4.08. The molecule has 2 heteroatoms. The van der Waals surface area contributed by atoms with Crippen molar-refractivity contribution in [2.45, 2.75) is 41.5 Å². The van der Waals surface area contributed by atoms with Crippen LogP contribution in [0.2, 0.25) is 0 Å². The zero-order valence-corrected chi connectivity index (χ0v) is 11.3. The van der Waals surface area contributed by atoms with Crippen LogP contribution in [-0.4, -0.2) is 6.21 Å². The average Bonchev–Trinajstić information content (AvgIpc) is 2.26. The first kappa shape index (κ1) is 13.0. The first-order valence-corrected chi connectivity index (χ1v) is 5.91. The number of allylic oxidation sites excluding steroid dienone is 3. The molecule has 0 fully saturated rings. The fourth-order valence-electron chi connectivity index (χ4n) is 1.65. The van der Waals surface area contributed by atoms with Crippen molar-refractivity contribution in [2.75, 3.05) is 0 Å². The van der Waals surface area contributed by atoms with Crippen molar-refractivity contribution in [1.82, 2.24) is 0 Å². The maximum Gasteiger partial charge on any atom is 0.126 e. The van der Waals surface area contributed by atoms with E-state index < -0.39 is 0 Å². The molecule has 0 amide bonds. The quantitative estimate of drug-likeness (QED) is 0.721. The standard InChI is InChI=1S/C14H24N2/c1-10(2)14(6)8-7-11(13(3,4)5)12(15)16-9-14/h7-10H,15H2,1-6H3. The molecular weight excluding hydrogens is 196 g/mol. The summed E-state index contributed by atoms with van der Waals surface area (Å²) in [5, 5.41) is 0. The van der Waals surface area contributed by atoms with Crippen LogP contribution in [0.5, 0.6) is 0 Å². The lowest BCUT2D eigenvalue weighted by molar-refractivity contribution is 0.423. The molecule has 0 saturated heterocycles. The van der Waals surface area contributed by atoms with Gasteiger partial charge in [-0.1, -0.05) is 53.7 Å². The Morgan fingerprint density at radius 1 is 1.31 bits per heavy atom. The molecule has 0 aliphatic carbocycles. The van der Waals surface area contributed by atoms with E-state index in [0.29, 0.717) is 11.7 Å². The Kier molecular flexibility index (Phi) is 3.32. The fraction of sp³-hybridized carbons (Fsp3) is 0.643. The fourth-order valence-corrected chi connectivity index (χ4v) is 1.65. The summed E-state index contributed by atoms with van der Waals surface area (Å²) in [4.78, 5) is 4.42. The molecule has 0 aromatic heterocycles. The summed E-state index contributed by atoms with van der Waals surface area (Å²) in [6.07, 6.45) is 6.34. The summed E-state index contributed by atoms with van der Waals surface area (Å²) >= 11 is 0. The van der Waals surface area contributed by atoms with Crippen molar-refractivity contribution in [3.63, 3.8) is 0 Å². The molecule has 90 valence electrons. The zero-order valence-electron chi connectivity index (χ0n) is 11.3. The van der Waals surface area contributed by atoms with Gasteiger partial charge in [-0.2, -0.15) is 0 Å². The third-order valence-electron chi connectivity index (χ3n) is 3.42. The Morgan fingerprint density at radius 2 is 1.88 bits per heavy atom. The molecule has 0 spiro atoms. The Labute approximate surface area is 99.3 Å². The van der Waals surface area contributed by atoms with Gasteiger partial charge in [0.2, 0.25) is 0 Å². The first-order valence-electron chi connectivity index (χ1n) is 5.91. The topological polar surface area (TPSA) is 38.4 Å². The number of nitrogens with zero attached hydrogens (tertiary/aromatic N) is 1. The highest BCUT2D eigenvalue weighted by Crippen LogP contribution is 2.34. The lowest BCUT2D eigenvalue weighted by atomic mass is 9.78. The van der Waals surface area contributed by atoms with Crippen LogP contribution in [0.1, 0.15) is 41.5 Å². The van der Waals surface area contributed by atoms with Crippen molar-refractivity contribution in [1.29, 1.82) is 0 Å². The van der Waals surface area contributed by atoms with Gasteiger partial charge in [-0.25, -0.2) is 4.99 Å². The Balaban J connectivity index is 3.17. The largest absolute Gasteiger partial charge is 0.383 e. The number of hydrogen-bond donors (Lipinski definition) is 1. The Morgan fingerprint density at radius 3 is 2.31 bits per heavy atom. The van der Waals surface area contributed by atoms with E-state index in [1.807, 2.05) is 6.21 Å². The highest BCUT2D eigenvalue weighted by molar-refractivity contribution is 5.71. The highest BCUT2D eigenvalue weighted by atomic mass is 14.9. The molecule has 1 unspecified atom stereocenters. The highest BCUT2D eigenvalue weighted by Gasteiger charge is 2.27. The van der Waals surface area contributed by atoms with Gasteiger partial charge in [-0.15, -0.1) is 0 Å². The second-order valence-electron chi connectivity index (χ2n) is 6.16. The number of rotatable bonds is 1. The van der Waals surface area contributed by atoms with Crippen LogP contribution in [0.4, 0.5) is 0 Å². The zero-order chi connectivity index (χ0) is 12.6. The van der Waals surface area contributed by atoms with Gasteiger partial charge < -0.3 is 5.73 Å². The maximum absolute atomic E-state index is 6.02. The summed E-state index contributed by atoms with van der Waals surface area (Å²) in [5.74, 6) is 1.16. The van der Waals surface area contributed by atoms with E-state index in [1.165, 1.54) is 0 Å². The van der Waals surface area contributed by atoms with Crippen LogP contribution in [0.15, 0.2) is 28.5 Å². The molecule has 1 atom stereocenters. The monoisotopic (exact) mass is 220 g/mol. The molecule has 0 aromatic rings. The lowest BCUT2D eigenvalue weighted by Crippen LogP contribution is -2.22. The van der Waals surface area contributed by atoms with Crippen LogP contribution in [-0.2, 0) is 0 Å². The predicted octanol–water partition coefficient (Wildman–Crippen LogP) is 3.51. The van der Waals surface area contributed by atoms with Crippen molar-refractivity contribution in [3.05, 3.63) is 23.5 Å². The van der Waals surface area contributed by atoms with E-state index >= 15 is 0 Å². The molecule has 0 bridgehead atoms. The van der Waals surface area contributed by atoms with E-state index in [4.69, 9.17) is 5.73 Å². The number of hydrogen-bond acceptors (Lipinski definition) is 2. The van der Waals surface area contributed by atoms with Crippen molar-refractivity contribution < 1.29 is 0 Å². The Bertz CT molecular complexity index is 353. The molecule has 0 radical (unpaired) electrons. The van der Waals surface area contributed by atoms with Crippen LogP contribution in [0.3, 0.4) is 0 Å². The minimum Gasteiger partial charge on any atom is -0.383 e. The molecule has 2 nitrogen and oxygen atoms in total. The average molecular weight is 220 g/mol. The summed E-state index contributed by atoms with van der Waals surface area (Å²) < 4.78 is 0. The van der Waals surface area contributed by atoms with E-state index in [0.717, 1.165) is 5.57 Å². The van der Waals surface area contributed by atoms with Crippen LogP contribution in [0, 0.1) is 16.7 Å². The third kappa shape index (κ3) is 2.55. The molecule has 2 N–H and O–H groups in total. The van der Waals surface area contributed by atoms with Gasteiger partial charge in [0.1, 0.15) is 5.82 Å². The smallest absolute Gasteiger partial charge is 0.126 e. The molecular formula is C14H24N2. The SMILES string of the molecule is CC(C)C1(C)C=CC(C(C)(C)C)=C(N)N=C1. The summed E-state index contributed by atoms with van der Waals surface area (Å²) in [5.41, 5.74) is 7.17. The molecule has 1 aliphatic rings. The van der Waals surface area contributed by atoms with Crippen LogP contribution >= 0.6 is 0 Å². The minimum atomic E-state index is -0.00236. The molecule has 1 rings (SSSR count). The summed E-state index contributed by atoms with van der Waals surface area (Å²) in [7, 11) is 0. The normalized spacial score (nSPS) is 26.4. The van der Waals surface area contributed by atoms with Gasteiger partial charge in [-0.05, 0) is 16.9 Å². The lowest BCUT2D eigenvalue weighted by Gasteiger charge is -2.25. The molecule has 0 saturated carbocycles. The first-order chi connectivity index (χ1) is 7.17. The second-order valence-corrected chi connectivity index (χ2v) is 6.16. The Hall–Kier alpha value is -1.05. The van der Waals surface area contributed by atoms with Gasteiger partial charge in [0, 0.05) is 11.6 Å². The van der Waals surface area contributed by atoms with Crippen LogP contribution < -0.4 is 5.73 Å². The predicted molar refractivity (Wildman–Crippen MR) is 71.2 cm³/mol. The van der Waals surface area contributed by atoms with Crippen molar-refractivity contribution in [3.8, 4) is 0 Å². The summed E-state index contributed by atoms with van der Waals surface area (Å²) in [6.45, 7) is 13.1. The van der Waals surface area contributed by atoms with E-state index in [9.17, 15) is 0 Å². The van der Waals surface area contributed by atoms with E-state index in [1.54, 1.807) is 0 Å². The van der Waals surface area contributed by atoms with Crippen molar-refractivity contribution >= 4 is 6.21 Å². The van der Waals surface area contributed by atoms with Crippen molar-refractivity contribution in [2.24, 2.45) is 27.5 Å². The molecule has 1 aliphatic heterocycles.